The van der Waals surface area contributed by atoms with Crippen LogP contribution in [0.25, 0.3) is 0 Å². The van der Waals surface area contributed by atoms with Crippen LogP contribution in [-0.2, 0) is 9.47 Å². The molecule has 0 amide bonds. The third-order valence-corrected chi connectivity index (χ3v) is 4.42. The van der Waals surface area contributed by atoms with Gasteiger partial charge in [0.15, 0.2) is 0 Å². The third-order valence-electron chi connectivity index (χ3n) is 4.42. The summed E-state index contributed by atoms with van der Waals surface area (Å²) >= 11 is 0. The fourth-order valence-electron chi connectivity index (χ4n) is 3.14. The highest BCUT2D eigenvalue weighted by molar-refractivity contribution is 5.89. The molecule has 4 unspecified atom stereocenters. The van der Waals surface area contributed by atoms with Gasteiger partial charge in [0.2, 0.25) is 0 Å². The molecule has 1 aromatic carbocycles. The lowest BCUT2D eigenvalue weighted by Gasteiger charge is -2.24. The zero-order valence-corrected chi connectivity index (χ0v) is 13.8. The van der Waals surface area contributed by atoms with Crippen LogP contribution < -0.4 is 10.6 Å². The molecule has 3 rings (SSSR count). The number of rotatable bonds is 4. The van der Waals surface area contributed by atoms with Crippen LogP contribution in [0.1, 0.15) is 36.2 Å². The molecule has 1 fully saturated rings. The number of aryl methyl sites for hydroxylation is 1. The summed E-state index contributed by atoms with van der Waals surface area (Å²) in [5.41, 5.74) is 2.81. The van der Waals surface area contributed by atoms with Crippen LogP contribution in [0.3, 0.4) is 0 Å². The highest BCUT2D eigenvalue weighted by atomic mass is 16.6. The number of esters is 1. The molecule has 0 saturated carbocycles. The summed E-state index contributed by atoms with van der Waals surface area (Å²) in [6.07, 6.45) is 2.99. The van der Waals surface area contributed by atoms with E-state index in [1.165, 1.54) is 0 Å². The summed E-state index contributed by atoms with van der Waals surface area (Å²) in [5, 5.41) is 6.65. The molecule has 0 spiro atoms. The second-order valence-corrected chi connectivity index (χ2v) is 6.52. The maximum atomic E-state index is 12.1. The van der Waals surface area contributed by atoms with Crippen LogP contribution in [0, 0.1) is 12.8 Å². The van der Waals surface area contributed by atoms with E-state index in [9.17, 15) is 4.79 Å². The molecule has 0 aliphatic carbocycles. The summed E-state index contributed by atoms with van der Waals surface area (Å²) in [4.78, 5) is 12.1. The van der Waals surface area contributed by atoms with Gasteiger partial charge in [0.05, 0.1) is 17.8 Å². The number of benzene rings is 1. The van der Waals surface area contributed by atoms with Crippen LogP contribution in [0.15, 0.2) is 36.2 Å². The lowest BCUT2D eigenvalue weighted by molar-refractivity contribution is -0.0229. The number of hydrogen-bond acceptors (Lipinski definition) is 5. The number of allylic oxidation sites excluding steroid dienone is 1. The maximum Gasteiger partial charge on any atom is 0.338 e. The van der Waals surface area contributed by atoms with E-state index in [1.807, 2.05) is 32.2 Å². The van der Waals surface area contributed by atoms with Gasteiger partial charge in [-0.15, -0.1) is 0 Å². The Kier molecular flexibility index (Phi) is 4.57. The number of hydrogen-bond donors (Lipinski definition) is 2. The third kappa shape index (κ3) is 3.67. The van der Waals surface area contributed by atoms with Gasteiger partial charge in [0.25, 0.3) is 0 Å². The van der Waals surface area contributed by atoms with Gasteiger partial charge < -0.3 is 20.1 Å². The van der Waals surface area contributed by atoms with Gasteiger partial charge in [-0.25, -0.2) is 4.79 Å². The average molecular weight is 316 g/mol. The van der Waals surface area contributed by atoms with Crippen molar-refractivity contribution in [3.05, 3.63) is 47.3 Å². The first-order valence-electron chi connectivity index (χ1n) is 8.11. The second kappa shape index (κ2) is 6.62. The summed E-state index contributed by atoms with van der Waals surface area (Å²) in [6.45, 7) is 6.48. The van der Waals surface area contributed by atoms with Crippen molar-refractivity contribution in [3.8, 4) is 0 Å². The van der Waals surface area contributed by atoms with E-state index in [0.29, 0.717) is 18.1 Å². The Hall–Kier alpha value is -2.01. The Balaban J connectivity index is 1.49. The van der Waals surface area contributed by atoms with Crippen LogP contribution >= 0.6 is 0 Å². The molecule has 124 valence electrons. The fraction of sp³-hybridized carbons (Fsp3) is 0.500. The molecule has 1 aromatic rings. The van der Waals surface area contributed by atoms with Gasteiger partial charge in [0, 0.05) is 11.9 Å². The normalized spacial score (nSPS) is 29.6. The number of carbonyl (C=O) groups excluding carboxylic acids is 1. The van der Waals surface area contributed by atoms with Crippen molar-refractivity contribution in [2.45, 2.75) is 45.6 Å². The monoisotopic (exact) mass is 316 g/mol. The minimum absolute atomic E-state index is 0.0473. The first-order chi connectivity index (χ1) is 11.0. The Morgan fingerprint density at radius 3 is 2.70 bits per heavy atom. The zero-order valence-electron chi connectivity index (χ0n) is 13.8. The van der Waals surface area contributed by atoms with Crippen molar-refractivity contribution >= 4 is 5.97 Å². The molecule has 1 saturated heterocycles. The Labute approximate surface area is 137 Å². The van der Waals surface area contributed by atoms with E-state index in [2.05, 4.69) is 17.6 Å². The van der Waals surface area contributed by atoms with Gasteiger partial charge in [-0.1, -0.05) is 24.6 Å². The molecule has 0 aromatic heterocycles. The first-order valence-corrected chi connectivity index (χ1v) is 8.11. The first kappa shape index (κ1) is 15.9. The van der Waals surface area contributed by atoms with Crippen LogP contribution in [0.4, 0.5) is 0 Å². The van der Waals surface area contributed by atoms with Crippen molar-refractivity contribution in [1.82, 2.24) is 10.6 Å². The van der Waals surface area contributed by atoms with Gasteiger partial charge >= 0.3 is 5.97 Å². The van der Waals surface area contributed by atoms with E-state index in [4.69, 9.17) is 9.47 Å². The number of ether oxygens (including phenoxy) is 2. The van der Waals surface area contributed by atoms with Crippen molar-refractivity contribution in [2.24, 2.45) is 5.92 Å². The van der Waals surface area contributed by atoms with Crippen molar-refractivity contribution in [1.29, 1.82) is 0 Å². The maximum absolute atomic E-state index is 12.1. The van der Waals surface area contributed by atoms with E-state index < -0.39 is 0 Å². The van der Waals surface area contributed by atoms with Crippen molar-refractivity contribution < 1.29 is 14.3 Å². The van der Waals surface area contributed by atoms with Crippen LogP contribution in [0.5, 0.6) is 0 Å². The van der Waals surface area contributed by atoms with E-state index in [0.717, 1.165) is 17.7 Å². The molecule has 5 heteroatoms. The lowest BCUT2D eigenvalue weighted by atomic mass is 10.00. The van der Waals surface area contributed by atoms with Gasteiger partial charge in [-0.2, -0.15) is 0 Å². The largest absolute Gasteiger partial charge is 0.459 e. The van der Waals surface area contributed by atoms with Crippen LogP contribution in [-0.4, -0.2) is 30.9 Å². The predicted molar refractivity (Wildman–Crippen MR) is 87.7 cm³/mol. The van der Waals surface area contributed by atoms with Gasteiger partial charge in [-0.05, 0) is 38.3 Å². The molecule has 23 heavy (non-hydrogen) atoms. The Bertz CT molecular complexity index is 597. The number of carbonyl (C=O) groups is 1. The summed E-state index contributed by atoms with van der Waals surface area (Å²) in [5.74, 6) is 0.113. The number of nitrogens with one attached hydrogen (secondary N) is 2. The highest BCUT2D eigenvalue weighted by Crippen LogP contribution is 2.29. The molecule has 4 atom stereocenters. The average Bonchev–Trinajstić information content (AvgIpc) is 3.11. The van der Waals surface area contributed by atoms with Crippen LogP contribution in [0.2, 0.25) is 0 Å². The molecule has 5 nitrogen and oxygen atoms in total. The smallest absolute Gasteiger partial charge is 0.338 e. The minimum Gasteiger partial charge on any atom is -0.459 e. The SMILES string of the molecule is CC1=CNC(C2OC(COC(=O)c3ccc(C)cc3)CC2C)N1. The topological polar surface area (TPSA) is 59.6 Å². The minimum atomic E-state index is -0.292. The predicted octanol–water partition coefficient (Wildman–Crippen LogP) is 2.33. The Morgan fingerprint density at radius 1 is 1.30 bits per heavy atom. The molecular weight excluding hydrogens is 292 g/mol. The summed E-state index contributed by atoms with van der Waals surface area (Å²) in [6, 6.07) is 7.40. The van der Waals surface area contributed by atoms with Gasteiger partial charge in [0.1, 0.15) is 12.8 Å². The molecule has 0 bridgehead atoms. The van der Waals surface area contributed by atoms with E-state index in [1.54, 1.807) is 12.1 Å². The molecule has 0 radical (unpaired) electrons. The molecule has 2 aliphatic rings. The standard InChI is InChI=1S/C18H24N2O3/c1-11-4-6-14(7-5-11)18(21)22-10-15-8-12(2)16(23-15)17-19-9-13(3)20-17/h4-7,9,12,15-17,19-20H,8,10H2,1-3H3. The van der Waals surface area contributed by atoms with Crippen molar-refractivity contribution in [2.75, 3.05) is 6.61 Å². The fourth-order valence-corrected chi connectivity index (χ4v) is 3.14. The zero-order chi connectivity index (χ0) is 16.4. The lowest BCUT2D eigenvalue weighted by Crippen LogP contribution is -2.45. The van der Waals surface area contributed by atoms with Gasteiger partial charge in [-0.3, -0.25) is 0 Å². The molecule has 2 heterocycles. The summed E-state index contributed by atoms with van der Waals surface area (Å²) < 4.78 is 11.5. The van der Waals surface area contributed by atoms with E-state index in [-0.39, 0.29) is 24.3 Å². The van der Waals surface area contributed by atoms with E-state index >= 15 is 0 Å². The molecule has 2 N–H and O–H groups in total. The Morgan fingerprint density at radius 2 is 2.04 bits per heavy atom. The quantitative estimate of drug-likeness (QED) is 0.835. The molecule has 2 aliphatic heterocycles. The second-order valence-electron chi connectivity index (χ2n) is 6.52. The molecular formula is C18H24N2O3. The summed E-state index contributed by atoms with van der Waals surface area (Å²) in [7, 11) is 0. The highest BCUT2D eigenvalue weighted by Gasteiger charge is 2.39. The van der Waals surface area contributed by atoms with Crippen molar-refractivity contribution in [3.63, 3.8) is 0 Å².